The summed E-state index contributed by atoms with van der Waals surface area (Å²) in [6.45, 7) is 0.398. The molecule has 19 heavy (non-hydrogen) atoms. The van der Waals surface area contributed by atoms with Crippen molar-refractivity contribution >= 4 is 5.69 Å². The van der Waals surface area contributed by atoms with Gasteiger partial charge in [0.1, 0.15) is 5.82 Å². The largest absolute Gasteiger partial charge is 0.481 e. The molecule has 0 atom stereocenters. The van der Waals surface area contributed by atoms with Crippen LogP contribution in [0.4, 0.5) is 5.69 Å². The summed E-state index contributed by atoms with van der Waals surface area (Å²) in [5.74, 6) is 1.09. The number of hydrogen-bond donors (Lipinski definition) is 1. The molecule has 2 aromatic rings. The van der Waals surface area contributed by atoms with Gasteiger partial charge in [0.05, 0.1) is 12.0 Å². The van der Waals surface area contributed by atoms with Crippen LogP contribution in [0.25, 0.3) is 5.82 Å². The molecule has 100 valence electrons. The third-order valence-electron chi connectivity index (χ3n) is 2.55. The average molecular weight is 263 g/mol. The number of hydrogen-bond acceptors (Lipinski definition) is 6. The highest BCUT2D eigenvalue weighted by Gasteiger charge is 2.20. The van der Waals surface area contributed by atoms with Crippen molar-refractivity contribution in [3.8, 4) is 11.7 Å². The second kappa shape index (κ2) is 5.44. The number of rotatable bonds is 5. The molecule has 0 aliphatic carbocycles. The third kappa shape index (κ3) is 2.52. The summed E-state index contributed by atoms with van der Waals surface area (Å²) in [6.07, 6.45) is 3.67. The minimum Gasteiger partial charge on any atom is -0.481 e. The lowest BCUT2D eigenvalue weighted by atomic mass is 10.3. The minimum atomic E-state index is -0.492. The van der Waals surface area contributed by atoms with Crippen molar-refractivity contribution in [3.63, 3.8) is 0 Å². The Morgan fingerprint density at radius 1 is 1.53 bits per heavy atom. The molecule has 2 N–H and O–H groups in total. The maximum atomic E-state index is 11.1. The van der Waals surface area contributed by atoms with Crippen LogP contribution in [0.5, 0.6) is 5.88 Å². The first-order chi connectivity index (χ1) is 9.17. The number of aromatic nitrogens is 3. The Hall–Kier alpha value is -2.48. The molecule has 0 aliphatic rings. The first-order valence-electron chi connectivity index (χ1n) is 5.59. The Bertz CT molecular complexity index is 596. The van der Waals surface area contributed by atoms with Gasteiger partial charge >= 0.3 is 5.69 Å². The van der Waals surface area contributed by atoms with E-state index in [9.17, 15) is 10.1 Å². The van der Waals surface area contributed by atoms with E-state index in [0.29, 0.717) is 24.7 Å². The molecule has 0 radical (unpaired) electrons. The SMILES string of the molecule is COc1ccc([N+](=O)[O-])c(-n2ccnc2CCN)n1. The molecule has 0 amide bonds. The molecule has 2 rings (SSSR count). The number of ether oxygens (including phenoxy) is 1. The van der Waals surface area contributed by atoms with Crippen LogP contribution in [-0.4, -0.2) is 33.1 Å². The van der Waals surface area contributed by atoms with E-state index < -0.39 is 4.92 Å². The Labute approximate surface area is 109 Å². The Morgan fingerprint density at radius 3 is 2.95 bits per heavy atom. The number of pyridine rings is 1. The summed E-state index contributed by atoms with van der Waals surface area (Å²) < 4.78 is 6.54. The van der Waals surface area contributed by atoms with E-state index in [-0.39, 0.29) is 11.5 Å². The summed E-state index contributed by atoms with van der Waals surface area (Å²) in [7, 11) is 1.45. The molecule has 0 fully saturated rings. The van der Waals surface area contributed by atoms with Crippen molar-refractivity contribution in [3.05, 3.63) is 40.5 Å². The predicted octanol–water partition coefficient (Wildman–Crippen LogP) is 0.685. The van der Waals surface area contributed by atoms with Gasteiger partial charge in [0.15, 0.2) is 0 Å². The topological polar surface area (TPSA) is 109 Å². The van der Waals surface area contributed by atoms with Gasteiger partial charge in [0, 0.05) is 30.9 Å². The van der Waals surface area contributed by atoms with E-state index >= 15 is 0 Å². The van der Waals surface area contributed by atoms with Crippen LogP contribution in [0.2, 0.25) is 0 Å². The summed E-state index contributed by atoms with van der Waals surface area (Å²) in [5, 5.41) is 11.1. The van der Waals surface area contributed by atoms with Crippen molar-refractivity contribution in [1.82, 2.24) is 14.5 Å². The zero-order chi connectivity index (χ0) is 13.8. The summed E-state index contributed by atoms with van der Waals surface area (Å²) in [4.78, 5) is 18.8. The van der Waals surface area contributed by atoms with Crippen LogP contribution in [0.15, 0.2) is 24.5 Å². The normalized spacial score (nSPS) is 10.4. The number of nitro groups is 1. The molecule has 0 aromatic carbocycles. The molecule has 0 unspecified atom stereocenters. The highest BCUT2D eigenvalue weighted by Crippen LogP contribution is 2.24. The van der Waals surface area contributed by atoms with Crippen molar-refractivity contribution in [1.29, 1.82) is 0 Å². The summed E-state index contributed by atoms with van der Waals surface area (Å²) in [6, 6.07) is 2.80. The maximum absolute atomic E-state index is 11.1. The second-order valence-corrected chi connectivity index (χ2v) is 3.71. The maximum Gasteiger partial charge on any atom is 0.312 e. The fourth-order valence-corrected chi connectivity index (χ4v) is 1.70. The Kier molecular flexibility index (Phi) is 3.71. The quantitative estimate of drug-likeness (QED) is 0.627. The zero-order valence-electron chi connectivity index (χ0n) is 10.3. The number of imidazole rings is 1. The van der Waals surface area contributed by atoms with Crippen molar-refractivity contribution in [2.45, 2.75) is 6.42 Å². The number of nitrogens with zero attached hydrogens (tertiary/aromatic N) is 4. The van der Waals surface area contributed by atoms with Crippen molar-refractivity contribution in [2.75, 3.05) is 13.7 Å². The molecule has 8 nitrogen and oxygen atoms in total. The predicted molar refractivity (Wildman–Crippen MR) is 67.3 cm³/mol. The molecular weight excluding hydrogens is 250 g/mol. The fourth-order valence-electron chi connectivity index (χ4n) is 1.70. The highest BCUT2D eigenvalue weighted by molar-refractivity contribution is 5.49. The first kappa shape index (κ1) is 13.0. The van der Waals surface area contributed by atoms with Gasteiger partial charge in [-0.25, -0.2) is 4.98 Å². The van der Waals surface area contributed by atoms with E-state index in [2.05, 4.69) is 9.97 Å². The van der Waals surface area contributed by atoms with Crippen LogP contribution in [0, 0.1) is 10.1 Å². The van der Waals surface area contributed by atoms with Gasteiger partial charge < -0.3 is 10.5 Å². The van der Waals surface area contributed by atoms with E-state index in [4.69, 9.17) is 10.5 Å². The van der Waals surface area contributed by atoms with Gasteiger partial charge in [-0.3, -0.25) is 14.7 Å². The molecule has 0 bridgehead atoms. The van der Waals surface area contributed by atoms with E-state index in [0.717, 1.165) is 0 Å². The summed E-state index contributed by atoms with van der Waals surface area (Å²) in [5.41, 5.74) is 5.37. The first-order valence-corrected chi connectivity index (χ1v) is 5.59. The van der Waals surface area contributed by atoms with Gasteiger partial charge in [0.2, 0.25) is 11.7 Å². The van der Waals surface area contributed by atoms with Crippen LogP contribution in [0.1, 0.15) is 5.82 Å². The van der Waals surface area contributed by atoms with Crippen LogP contribution >= 0.6 is 0 Å². The standard InChI is InChI=1S/C11H13N5O3/c1-19-10-3-2-8(16(17)18)11(14-10)15-7-6-13-9(15)4-5-12/h2-3,6-7H,4-5,12H2,1H3. The lowest BCUT2D eigenvalue weighted by Crippen LogP contribution is -2.11. The Balaban J connectivity index is 2.58. The van der Waals surface area contributed by atoms with Crippen LogP contribution < -0.4 is 10.5 Å². The van der Waals surface area contributed by atoms with Crippen LogP contribution in [0.3, 0.4) is 0 Å². The number of nitrogens with two attached hydrogens (primary N) is 1. The molecule has 8 heteroatoms. The van der Waals surface area contributed by atoms with Gasteiger partial charge in [-0.2, -0.15) is 4.98 Å². The van der Waals surface area contributed by atoms with E-state index in [1.807, 2.05) is 0 Å². The fraction of sp³-hybridized carbons (Fsp3) is 0.273. The molecule has 2 aromatic heterocycles. The van der Waals surface area contributed by atoms with Crippen molar-refractivity contribution in [2.24, 2.45) is 5.73 Å². The van der Waals surface area contributed by atoms with Gasteiger partial charge in [-0.1, -0.05) is 0 Å². The zero-order valence-corrected chi connectivity index (χ0v) is 10.3. The third-order valence-corrected chi connectivity index (χ3v) is 2.55. The second-order valence-electron chi connectivity index (χ2n) is 3.71. The van der Waals surface area contributed by atoms with Gasteiger partial charge in [0.25, 0.3) is 0 Å². The summed E-state index contributed by atoms with van der Waals surface area (Å²) >= 11 is 0. The molecule has 2 heterocycles. The van der Waals surface area contributed by atoms with Crippen LogP contribution in [-0.2, 0) is 6.42 Å². The monoisotopic (exact) mass is 263 g/mol. The van der Waals surface area contributed by atoms with Crippen molar-refractivity contribution < 1.29 is 9.66 Å². The number of methoxy groups -OCH3 is 1. The smallest absolute Gasteiger partial charge is 0.312 e. The van der Waals surface area contributed by atoms with Gasteiger partial charge in [-0.05, 0) is 6.54 Å². The minimum absolute atomic E-state index is 0.114. The molecule has 0 aliphatic heterocycles. The van der Waals surface area contributed by atoms with Gasteiger partial charge in [-0.15, -0.1) is 0 Å². The Morgan fingerprint density at radius 2 is 2.32 bits per heavy atom. The van der Waals surface area contributed by atoms with E-state index in [1.165, 1.54) is 19.2 Å². The molecule has 0 saturated heterocycles. The lowest BCUT2D eigenvalue weighted by Gasteiger charge is -2.08. The molecule has 0 spiro atoms. The molecule has 0 saturated carbocycles. The highest BCUT2D eigenvalue weighted by atomic mass is 16.6. The van der Waals surface area contributed by atoms with E-state index in [1.54, 1.807) is 17.0 Å². The lowest BCUT2D eigenvalue weighted by molar-refractivity contribution is -0.384. The average Bonchev–Trinajstić information content (AvgIpc) is 2.86. The molecular formula is C11H13N5O3.